The number of amides is 4. The molecule has 2 atom stereocenters. The molecule has 4 amide bonds. The molecule has 12 heteroatoms. The lowest BCUT2D eigenvalue weighted by Gasteiger charge is -2.22. The lowest BCUT2D eigenvalue weighted by atomic mass is 9.93. The summed E-state index contributed by atoms with van der Waals surface area (Å²) < 4.78 is 2.60. The van der Waals surface area contributed by atoms with Crippen molar-refractivity contribution < 1.29 is 19.2 Å². The van der Waals surface area contributed by atoms with Gasteiger partial charge in [0.15, 0.2) is 0 Å². The van der Waals surface area contributed by atoms with Gasteiger partial charge in [-0.05, 0) is 110 Å². The summed E-state index contributed by atoms with van der Waals surface area (Å²) in [5, 5.41) is 7.99. The van der Waals surface area contributed by atoms with E-state index in [1.807, 2.05) is 40.9 Å². The topological polar surface area (TPSA) is 74.8 Å². The molecule has 8 heterocycles. The van der Waals surface area contributed by atoms with E-state index in [9.17, 15) is 9.59 Å². The Labute approximate surface area is 485 Å². The molecule has 3 aromatic carbocycles. The van der Waals surface area contributed by atoms with Gasteiger partial charge in [-0.15, -0.1) is 68.0 Å². The molecule has 0 bridgehead atoms. The highest BCUT2D eigenvalue weighted by atomic mass is 32.1. The van der Waals surface area contributed by atoms with Crippen LogP contribution in [-0.2, 0) is 12.8 Å². The first kappa shape index (κ1) is 55.4. The van der Waals surface area contributed by atoms with Crippen LogP contribution < -0.4 is 0 Å². The second kappa shape index (κ2) is 23.5. The summed E-state index contributed by atoms with van der Waals surface area (Å²) in [7, 11) is 0. The van der Waals surface area contributed by atoms with Crippen molar-refractivity contribution in [2.24, 2.45) is 11.8 Å². The number of unbranched alkanes of at least 4 members (excludes halogenated alkanes) is 8. The van der Waals surface area contributed by atoms with Crippen molar-refractivity contribution in [3.8, 4) is 39.0 Å². The Hall–Kier alpha value is -4.56. The minimum Gasteiger partial charge on any atom is -0.274 e. The smallest absolute Gasteiger partial charge is 0.263 e. The summed E-state index contributed by atoms with van der Waals surface area (Å²) in [6.07, 6.45) is 19.4. The lowest BCUT2D eigenvalue weighted by molar-refractivity contribution is 0.0608. The molecule has 6 aromatic heterocycles. The van der Waals surface area contributed by atoms with Crippen LogP contribution in [0.2, 0.25) is 0 Å². The van der Waals surface area contributed by atoms with Crippen molar-refractivity contribution >= 4 is 133 Å². The number of nitrogens with zero attached hydrogens (tertiary/aromatic N) is 2. The van der Waals surface area contributed by atoms with Gasteiger partial charge in [0, 0.05) is 68.4 Å². The molecular weight excluding hydrogens is 1080 g/mol. The molecule has 0 N–H and O–H groups in total. The van der Waals surface area contributed by atoms with E-state index in [0.717, 1.165) is 98.1 Å². The Morgan fingerprint density at radius 3 is 1.40 bits per heavy atom. The van der Waals surface area contributed by atoms with E-state index in [4.69, 9.17) is 0 Å². The fourth-order valence-corrected chi connectivity index (χ4v) is 20.4. The minimum atomic E-state index is -0.278. The fraction of sp³-hybridized carbons (Fsp3) is 0.455. The van der Waals surface area contributed by atoms with Crippen LogP contribution in [0.5, 0.6) is 0 Å². The minimum absolute atomic E-state index is 0.187. The molecule has 6 nitrogen and oxygen atoms in total. The third-order valence-corrected chi connectivity index (χ3v) is 24.5. The highest BCUT2D eigenvalue weighted by Gasteiger charge is 2.47. The van der Waals surface area contributed by atoms with Gasteiger partial charge in [0.2, 0.25) is 0 Å². The van der Waals surface area contributed by atoms with Crippen LogP contribution in [0.4, 0.5) is 0 Å². The van der Waals surface area contributed by atoms with Crippen LogP contribution >= 0.6 is 68.0 Å². The molecule has 0 aliphatic carbocycles. The maximum absolute atomic E-state index is 15.3. The highest BCUT2D eigenvalue weighted by Crippen LogP contribution is 2.58. The number of carbonyl (C=O) groups excluding carboxylic acids is 4. The van der Waals surface area contributed by atoms with Crippen molar-refractivity contribution in [2.45, 2.75) is 171 Å². The Kier molecular flexibility index (Phi) is 16.7. The SMILES string of the molecule is CCCCCCc1cc(C)sc1-c1sc2cccc3c4c(-c5sc(-c6sc(-c7sc(C)c8c7C(=O)N(CC(CC)CCCC)C8=O)c7c6C(=O)N(CC(CC)CCCC)C7=O)cc5CCCCCC)sc5cccc(c1c23)c54. The highest BCUT2D eigenvalue weighted by molar-refractivity contribution is 7.31. The van der Waals surface area contributed by atoms with Crippen molar-refractivity contribution in [2.75, 3.05) is 13.1 Å². The van der Waals surface area contributed by atoms with Crippen molar-refractivity contribution in [3.05, 3.63) is 91.7 Å². The van der Waals surface area contributed by atoms with E-state index >= 15 is 9.59 Å². The molecule has 2 aliphatic rings. The zero-order chi connectivity index (χ0) is 54.5. The van der Waals surface area contributed by atoms with Crippen LogP contribution in [0.25, 0.3) is 80.7 Å². The molecule has 78 heavy (non-hydrogen) atoms. The lowest BCUT2D eigenvalue weighted by Crippen LogP contribution is -2.35. The van der Waals surface area contributed by atoms with Gasteiger partial charge in [-0.1, -0.05) is 143 Å². The molecule has 0 saturated carbocycles. The van der Waals surface area contributed by atoms with E-state index in [1.165, 1.54) is 142 Å². The van der Waals surface area contributed by atoms with E-state index in [1.54, 1.807) is 11.3 Å². The molecule has 0 radical (unpaired) electrons. The second-order valence-electron chi connectivity index (χ2n) is 22.3. The molecule has 11 rings (SSSR count). The summed E-state index contributed by atoms with van der Waals surface area (Å²) in [6.45, 7) is 18.2. The second-order valence-corrected chi connectivity index (χ2v) is 28.9. The van der Waals surface area contributed by atoms with E-state index < -0.39 is 0 Å². The number of hydrogen-bond acceptors (Lipinski definition) is 10. The summed E-state index contributed by atoms with van der Waals surface area (Å²) in [5.41, 5.74) is 4.50. The standard InChI is InChI=1S/C66H74N2O4S6/c1-9-15-19-21-27-41-33-37(7)73-56(41)59-51-43-29-23-32-46-50(43)52(44-30-24-31-45(75-59)49(44)51)60(76-46)57-42(28-22-20-16-10-2)34-47(77-57)58-54-55(66(72)68(65(54)71)36-40(14-6)26-18-12-4)62(78-58)61-53-48(38(8)74-61)63(69)67(64(53)70)35-39(13-5)25-17-11-3/h23-24,29-34,39-40H,9-22,25-28,35-36H2,1-8H3. The Morgan fingerprint density at radius 2 is 0.885 bits per heavy atom. The number of carbonyl (C=O) groups is 4. The fourth-order valence-electron chi connectivity index (χ4n) is 12.6. The Morgan fingerprint density at radius 1 is 0.423 bits per heavy atom. The molecule has 2 unspecified atom stereocenters. The van der Waals surface area contributed by atoms with Gasteiger partial charge < -0.3 is 0 Å². The average Bonchev–Trinajstić information content (AvgIpc) is 4.31. The summed E-state index contributed by atoms with van der Waals surface area (Å²) >= 11 is 10.5. The normalized spacial score (nSPS) is 14.6. The number of thiophene rings is 6. The van der Waals surface area contributed by atoms with Crippen LogP contribution in [0.3, 0.4) is 0 Å². The quantitative estimate of drug-likeness (QED) is 0.0308. The maximum Gasteiger partial charge on any atom is 0.263 e. The van der Waals surface area contributed by atoms with E-state index in [-0.39, 0.29) is 35.5 Å². The first-order valence-corrected chi connectivity index (χ1v) is 34.2. The van der Waals surface area contributed by atoms with E-state index in [2.05, 4.69) is 97.0 Å². The van der Waals surface area contributed by atoms with Gasteiger partial charge >= 0.3 is 0 Å². The molecule has 0 spiro atoms. The zero-order valence-electron chi connectivity index (χ0n) is 46.9. The average molecular weight is 1150 g/mol. The first-order chi connectivity index (χ1) is 38.0. The van der Waals surface area contributed by atoms with Gasteiger partial charge in [-0.2, -0.15) is 0 Å². The van der Waals surface area contributed by atoms with Gasteiger partial charge in [-0.3, -0.25) is 29.0 Å². The molecule has 9 aromatic rings. The van der Waals surface area contributed by atoms with Crippen molar-refractivity contribution in [1.29, 1.82) is 0 Å². The number of imide groups is 2. The van der Waals surface area contributed by atoms with E-state index in [0.29, 0.717) is 45.1 Å². The molecule has 0 fully saturated rings. The van der Waals surface area contributed by atoms with Crippen LogP contribution in [0.15, 0.2) is 48.5 Å². The number of hydrogen-bond donors (Lipinski definition) is 0. The molecular formula is C66H74N2O4S6. The summed E-state index contributed by atoms with van der Waals surface area (Å²) in [6, 6.07) is 18.6. The third-order valence-electron chi connectivity index (χ3n) is 16.9. The van der Waals surface area contributed by atoms with Gasteiger partial charge in [0.1, 0.15) is 0 Å². The largest absolute Gasteiger partial charge is 0.274 e. The van der Waals surface area contributed by atoms with Gasteiger partial charge in [-0.25, -0.2) is 0 Å². The maximum atomic E-state index is 15.3. The zero-order valence-corrected chi connectivity index (χ0v) is 51.8. The van der Waals surface area contributed by atoms with Crippen molar-refractivity contribution in [1.82, 2.24) is 9.80 Å². The van der Waals surface area contributed by atoms with Crippen LogP contribution in [0.1, 0.15) is 207 Å². The first-order valence-electron chi connectivity index (χ1n) is 29.3. The van der Waals surface area contributed by atoms with Crippen LogP contribution in [0, 0.1) is 25.7 Å². The van der Waals surface area contributed by atoms with Gasteiger partial charge in [0.05, 0.1) is 46.6 Å². The summed E-state index contributed by atoms with van der Waals surface area (Å²) in [4.78, 5) is 73.2. The van der Waals surface area contributed by atoms with Crippen LogP contribution in [-0.4, -0.2) is 46.5 Å². The number of rotatable bonds is 26. The number of benzene rings is 3. The monoisotopic (exact) mass is 1150 g/mol. The predicted molar refractivity (Wildman–Crippen MR) is 339 cm³/mol. The Balaban J connectivity index is 1.09. The molecule has 0 saturated heterocycles. The number of fused-ring (bicyclic) bond motifs is 4. The number of aryl methyl sites for hydroxylation is 4. The third kappa shape index (κ3) is 9.67. The van der Waals surface area contributed by atoms with Gasteiger partial charge in [0.25, 0.3) is 23.6 Å². The molecule has 408 valence electrons. The molecule has 2 aliphatic heterocycles. The predicted octanol–water partition coefficient (Wildman–Crippen LogP) is 21.3. The van der Waals surface area contributed by atoms with Crippen molar-refractivity contribution in [3.63, 3.8) is 0 Å². The Bertz CT molecular complexity index is 3720. The summed E-state index contributed by atoms with van der Waals surface area (Å²) in [5.74, 6) is -0.622.